The number of rotatable bonds is 7. The molecule has 1 aliphatic heterocycles. The van der Waals surface area contributed by atoms with Crippen molar-refractivity contribution in [2.75, 3.05) is 27.3 Å². The molecule has 30 heavy (non-hydrogen) atoms. The van der Waals surface area contributed by atoms with Crippen LogP contribution in [0, 0.1) is 6.92 Å². The quantitative estimate of drug-likeness (QED) is 0.726. The normalized spacial score (nSPS) is 15.6. The predicted molar refractivity (Wildman–Crippen MR) is 115 cm³/mol. The number of carbonyl (C=O) groups is 1. The first-order valence-corrected chi connectivity index (χ1v) is 11.4. The van der Waals surface area contributed by atoms with E-state index in [1.54, 1.807) is 39.3 Å². The van der Waals surface area contributed by atoms with E-state index in [9.17, 15) is 13.2 Å². The second-order valence-electron chi connectivity index (χ2n) is 7.40. The minimum Gasteiger partial charge on any atom is -0.493 e. The van der Waals surface area contributed by atoms with Crippen LogP contribution in [0.2, 0.25) is 0 Å². The highest BCUT2D eigenvalue weighted by Crippen LogP contribution is 2.30. The molecule has 3 rings (SSSR count). The molecule has 7 nitrogen and oxygen atoms in total. The Balaban J connectivity index is 1.82. The summed E-state index contributed by atoms with van der Waals surface area (Å²) >= 11 is 0. The zero-order valence-corrected chi connectivity index (χ0v) is 18.6. The van der Waals surface area contributed by atoms with Gasteiger partial charge in [-0.15, -0.1) is 0 Å². The summed E-state index contributed by atoms with van der Waals surface area (Å²) in [7, 11) is -0.481. The lowest BCUT2D eigenvalue weighted by Gasteiger charge is -2.19. The first kappa shape index (κ1) is 22.1. The smallest absolute Gasteiger partial charge is 0.251 e. The lowest BCUT2D eigenvalue weighted by atomic mass is 10.1. The van der Waals surface area contributed by atoms with E-state index in [0.29, 0.717) is 35.7 Å². The minimum atomic E-state index is -3.60. The zero-order valence-electron chi connectivity index (χ0n) is 17.8. The number of nitrogens with zero attached hydrogens (tertiary/aromatic N) is 1. The molecule has 1 heterocycles. The molecule has 0 bridgehead atoms. The fraction of sp³-hybridized carbons (Fsp3) is 0.409. The highest BCUT2D eigenvalue weighted by molar-refractivity contribution is 7.89. The van der Waals surface area contributed by atoms with Gasteiger partial charge in [0, 0.05) is 18.7 Å². The Morgan fingerprint density at radius 3 is 2.33 bits per heavy atom. The van der Waals surface area contributed by atoms with Gasteiger partial charge in [0.2, 0.25) is 10.0 Å². The second-order valence-corrected chi connectivity index (χ2v) is 9.31. The molecule has 0 radical (unpaired) electrons. The summed E-state index contributed by atoms with van der Waals surface area (Å²) in [6, 6.07) is 9.93. The number of nitrogens with one attached hydrogen (secondary N) is 1. The van der Waals surface area contributed by atoms with Crippen molar-refractivity contribution >= 4 is 15.9 Å². The molecule has 2 aromatic carbocycles. The van der Waals surface area contributed by atoms with E-state index in [2.05, 4.69) is 5.32 Å². The standard InChI is InChI=1S/C22H28N2O5S/c1-15-7-8-18(14-21(15)30(26,27)24-11-5-6-12-24)22(25)23-16(2)17-9-10-19(28-3)20(13-17)29-4/h7-10,13-14,16H,5-6,11-12H2,1-4H3,(H,23,25)/t16-/m1/s1. The van der Waals surface area contributed by atoms with Crippen molar-refractivity contribution in [1.29, 1.82) is 0 Å². The summed E-state index contributed by atoms with van der Waals surface area (Å²) in [5.41, 5.74) is 1.79. The van der Waals surface area contributed by atoms with Crippen molar-refractivity contribution in [1.82, 2.24) is 9.62 Å². The van der Waals surface area contributed by atoms with Crippen LogP contribution in [-0.2, 0) is 10.0 Å². The maximum Gasteiger partial charge on any atom is 0.251 e. The van der Waals surface area contributed by atoms with Crippen molar-refractivity contribution in [3.63, 3.8) is 0 Å². The molecule has 1 amide bonds. The average molecular weight is 433 g/mol. The van der Waals surface area contributed by atoms with Crippen molar-refractivity contribution in [3.05, 3.63) is 53.1 Å². The number of hydrogen-bond donors (Lipinski definition) is 1. The Labute approximate surface area is 178 Å². The molecule has 2 aromatic rings. The molecule has 1 aliphatic rings. The van der Waals surface area contributed by atoms with Crippen LogP contribution < -0.4 is 14.8 Å². The minimum absolute atomic E-state index is 0.191. The fourth-order valence-electron chi connectivity index (χ4n) is 3.57. The van der Waals surface area contributed by atoms with Crippen LogP contribution in [0.25, 0.3) is 0 Å². The zero-order chi connectivity index (χ0) is 21.9. The first-order chi connectivity index (χ1) is 14.3. The van der Waals surface area contributed by atoms with Crippen LogP contribution in [-0.4, -0.2) is 45.9 Å². The number of aryl methyl sites for hydroxylation is 1. The lowest BCUT2D eigenvalue weighted by Crippen LogP contribution is -2.30. The number of ether oxygens (including phenoxy) is 2. The van der Waals surface area contributed by atoms with Gasteiger partial charge in [-0.1, -0.05) is 12.1 Å². The molecule has 1 N–H and O–H groups in total. The van der Waals surface area contributed by atoms with Crippen LogP contribution in [0.5, 0.6) is 11.5 Å². The highest BCUT2D eigenvalue weighted by atomic mass is 32.2. The SMILES string of the molecule is COc1ccc([C@@H](C)NC(=O)c2ccc(C)c(S(=O)(=O)N3CCCC3)c2)cc1OC. The molecule has 162 valence electrons. The number of hydrogen-bond acceptors (Lipinski definition) is 5. The van der Waals surface area contributed by atoms with Crippen LogP contribution >= 0.6 is 0 Å². The van der Waals surface area contributed by atoms with Gasteiger partial charge in [0.1, 0.15) is 0 Å². The van der Waals surface area contributed by atoms with Crippen LogP contribution in [0.15, 0.2) is 41.3 Å². The Morgan fingerprint density at radius 2 is 1.70 bits per heavy atom. The van der Waals surface area contributed by atoms with Gasteiger partial charge in [-0.05, 0) is 62.1 Å². The van der Waals surface area contributed by atoms with E-state index in [-0.39, 0.29) is 16.8 Å². The van der Waals surface area contributed by atoms with E-state index in [1.807, 2.05) is 19.1 Å². The van der Waals surface area contributed by atoms with Gasteiger partial charge in [-0.3, -0.25) is 4.79 Å². The van der Waals surface area contributed by atoms with E-state index >= 15 is 0 Å². The van der Waals surface area contributed by atoms with Gasteiger partial charge in [0.05, 0.1) is 25.2 Å². The molecular weight excluding hydrogens is 404 g/mol. The molecule has 8 heteroatoms. The molecule has 0 spiro atoms. The first-order valence-electron chi connectivity index (χ1n) is 9.91. The fourth-order valence-corrected chi connectivity index (χ4v) is 5.34. The topological polar surface area (TPSA) is 84.9 Å². The molecular formula is C22H28N2O5S. The molecule has 1 saturated heterocycles. The number of methoxy groups -OCH3 is 2. The van der Waals surface area contributed by atoms with Crippen LogP contribution in [0.3, 0.4) is 0 Å². The van der Waals surface area contributed by atoms with Gasteiger partial charge >= 0.3 is 0 Å². The van der Waals surface area contributed by atoms with Gasteiger partial charge in [-0.2, -0.15) is 4.31 Å². The highest BCUT2D eigenvalue weighted by Gasteiger charge is 2.29. The van der Waals surface area contributed by atoms with Crippen LogP contribution in [0.1, 0.15) is 47.3 Å². The summed E-state index contributed by atoms with van der Waals surface area (Å²) in [4.78, 5) is 13.0. The Hall–Kier alpha value is -2.58. The van der Waals surface area contributed by atoms with Gasteiger partial charge in [-0.25, -0.2) is 8.42 Å². The number of sulfonamides is 1. The third-order valence-electron chi connectivity index (χ3n) is 5.39. The van der Waals surface area contributed by atoms with E-state index < -0.39 is 10.0 Å². The lowest BCUT2D eigenvalue weighted by molar-refractivity contribution is 0.0939. The molecule has 0 saturated carbocycles. The van der Waals surface area contributed by atoms with E-state index in [4.69, 9.17) is 9.47 Å². The molecule has 1 fully saturated rings. The largest absolute Gasteiger partial charge is 0.493 e. The summed E-state index contributed by atoms with van der Waals surface area (Å²) in [5, 5.41) is 2.93. The molecule has 1 atom stereocenters. The third kappa shape index (κ3) is 4.44. The molecule has 0 unspecified atom stereocenters. The summed E-state index contributed by atoms with van der Waals surface area (Å²) < 4.78 is 38.0. The predicted octanol–water partition coefficient (Wildman–Crippen LogP) is 3.29. The summed E-state index contributed by atoms with van der Waals surface area (Å²) in [6.07, 6.45) is 1.72. The third-order valence-corrected chi connectivity index (χ3v) is 7.43. The van der Waals surface area contributed by atoms with Crippen LogP contribution in [0.4, 0.5) is 0 Å². The Bertz CT molecular complexity index is 1030. The summed E-state index contributed by atoms with van der Waals surface area (Å²) in [6.45, 7) is 4.65. The van der Waals surface area contributed by atoms with E-state index in [1.165, 1.54) is 10.4 Å². The summed E-state index contributed by atoms with van der Waals surface area (Å²) in [5.74, 6) is 0.843. The Kier molecular flexibility index (Phi) is 6.67. The van der Waals surface area contributed by atoms with Gasteiger partial charge in [0.15, 0.2) is 11.5 Å². The van der Waals surface area contributed by atoms with E-state index in [0.717, 1.165) is 18.4 Å². The van der Waals surface area contributed by atoms with Gasteiger partial charge < -0.3 is 14.8 Å². The number of amides is 1. The average Bonchev–Trinajstić information content (AvgIpc) is 3.29. The maximum atomic E-state index is 13.0. The van der Waals surface area contributed by atoms with Crippen molar-refractivity contribution < 1.29 is 22.7 Å². The van der Waals surface area contributed by atoms with Crippen molar-refractivity contribution in [2.24, 2.45) is 0 Å². The van der Waals surface area contributed by atoms with Crippen molar-refractivity contribution in [3.8, 4) is 11.5 Å². The number of carbonyl (C=O) groups excluding carboxylic acids is 1. The monoisotopic (exact) mass is 432 g/mol. The maximum absolute atomic E-state index is 13.0. The number of benzene rings is 2. The van der Waals surface area contributed by atoms with Gasteiger partial charge in [0.25, 0.3) is 5.91 Å². The molecule has 0 aliphatic carbocycles. The molecule has 0 aromatic heterocycles. The van der Waals surface area contributed by atoms with Crippen molar-refractivity contribution in [2.45, 2.75) is 37.6 Å². The second kappa shape index (κ2) is 9.06. The Morgan fingerprint density at radius 1 is 1.03 bits per heavy atom.